The van der Waals surface area contributed by atoms with Crippen LogP contribution in [0.4, 0.5) is 5.69 Å². The van der Waals surface area contributed by atoms with Crippen LogP contribution in [-0.4, -0.2) is 23.6 Å². The Kier molecular flexibility index (Phi) is 5.51. The molecule has 0 aromatic heterocycles. The maximum Gasteiger partial charge on any atom is 0.269 e. The topological polar surface area (TPSA) is 64.4 Å². The molecule has 0 fully saturated rings. The number of non-ortho nitro benzene ring substituents is 1. The van der Waals surface area contributed by atoms with Gasteiger partial charge in [-0.25, -0.2) is 0 Å². The molecule has 1 N–H and O–H groups in total. The van der Waals surface area contributed by atoms with E-state index in [4.69, 9.17) is 4.74 Å². The smallest absolute Gasteiger partial charge is 0.269 e. The number of rotatable bonds is 6. The lowest BCUT2D eigenvalue weighted by Gasteiger charge is -2.23. The number of aryl methyl sites for hydroxylation is 1. The Morgan fingerprint density at radius 3 is 2.55 bits per heavy atom. The van der Waals surface area contributed by atoms with Gasteiger partial charge in [-0.05, 0) is 39.3 Å². The lowest BCUT2D eigenvalue weighted by Crippen LogP contribution is -2.39. The SMILES string of the molecule is Cc1cc([N+](=O)[O-])ccc1OCC(C)CNC(C)(C)C. The first-order valence-corrected chi connectivity index (χ1v) is 6.82. The molecule has 0 saturated carbocycles. The molecular weight excluding hydrogens is 256 g/mol. The molecule has 0 aliphatic rings. The van der Waals surface area contributed by atoms with E-state index >= 15 is 0 Å². The number of nitrogens with zero attached hydrogens (tertiary/aromatic N) is 1. The summed E-state index contributed by atoms with van der Waals surface area (Å²) in [6.07, 6.45) is 0. The second kappa shape index (κ2) is 6.70. The van der Waals surface area contributed by atoms with E-state index in [1.165, 1.54) is 12.1 Å². The van der Waals surface area contributed by atoms with Gasteiger partial charge < -0.3 is 10.1 Å². The second-order valence-corrected chi connectivity index (χ2v) is 6.25. The summed E-state index contributed by atoms with van der Waals surface area (Å²) in [5, 5.41) is 14.1. The number of nitro groups is 1. The standard InChI is InChI=1S/C15H24N2O3/c1-11(9-16-15(3,4)5)10-20-14-7-6-13(17(18)19)8-12(14)2/h6-8,11,16H,9-10H2,1-5H3. The van der Waals surface area contributed by atoms with Crippen molar-refractivity contribution in [1.82, 2.24) is 5.32 Å². The monoisotopic (exact) mass is 280 g/mol. The summed E-state index contributed by atoms with van der Waals surface area (Å²) in [6.45, 7) is 11.8. The summed E-state index contributed by atoms with van der Waals surface area (Å²) in [5.74, 6) is 1.07. The largest absolute Gasteiger partial charge is 0.493 e. The van der Waals surface area contributed by atoms with Crippen molar-refractivity contribution in [3.8, 4) is 5.75 Å². The van der Waals surface area contributed by atoms with Crippen LogP contribution in [0.2, 0.25) is 0 Å². The first kappa shape index (κ1) is 16.4. The van der Waals surface area contributed by atoms with E-state index in [-0.39, 0.29) is 11.2 Å². The molecule has 0 amide bonds. The Balaban J connectivity index is 2.51. The van der Waals surface area contributed by atoms with Crippen molar-refractivity contribution in [2.24, 2.45) is 5.92 Å². The molecule has 1 atom stereocenters. The molecule has 0 saturated heterocycles. The number of hydrogen-bond donors (Lipinski definition) is 1. The van der Waals surface area contributed by atoms with Crippen molar-refractivity contribution in [2.75, 3.05) is 13.2 Å². The Hall–Kier alpha value is -1.62. The average Bonchev–Trinajstić information content (AvgIpc) is 2.33. The van der Waals surface area contributed by atoms with Crippen LogP contribution in [0.5, 0.6) is 5.75 Å². The maximum atomic E-state index is 10.7. The van der Waals surface area contributed by atoms with Crippen LogP contribution in [0.25, 0.3) is 0 Å². The molecule has 1 unspecified atom stereocenters. The van der Waals surface area contributed by atoms with Crippen molar-refractivity contribution >= 4 is 5.69 Å². The fraction of sp³-hybridized carbons (Fsp3) is 0.600. The Morgan fingerprint density at radius 2 is 2.05 bits per heavy atom. The normalized spacial score (nSPS) is 13.1. The minimum absolute atomic E-state index is 0.0947. The molecule has 0 aliphatic carbocycles. The van der Waals surface area contributed by atoms with Gasteiger partial charge in [0.2, 0.25) is 0 Å². The fourth-order valence-corrected chi connectivity index (χ4v) is 1.68. The molecule has 0 aliphatic heterocycles. The van der Waals surface area contributed by atoms with Crippen molar-refractivity contribution in [1.29, 1.82) is 0 Å². The molecule has 20 heavy (non-hydrogen) atoms. The summed E-state index contributed by atoms with van der Waals surface area (Å²) in [7, 11) is 0. The summed E-state index contributed by atoms with van der Waals surface area (Å²) >= 11 is 0. The van der Waals surface area contributed by atoms with E-state index in [2.05, 4.69) is 33.0 Å². The highest BCUT2D eigenvalue weighted by Crippen LogP contribution is 2.23. The molecule has 1 rings (SSSR count). The van der Waals surface area contributed by atoms with Crippen LogP contribution in [-0.2, 0) is 0 Å². The molecule has 0 spiro atoms. The molecular formula is C15H24N2O3. The molecule has 112 valence electrons. The third-order valence-electron chi connectivity index (χ3n) is 2.87. The number of benzene rings is 1. The van der Waals surface area contributed by atoms with E-state index in [0.29, 0.717) is 18.3 Å². The van der Waals surface area contributed by atoms with Crippen molar-refractivity contribution in [3.05, 3.63) is 33.9 Å². The van der Waals surface area contributed by atoms with Crippen LogP contribution in [0.3, 0.4) is 0 Å². The lowest BCUT2D eigenvalue weighted by atomic mass is 10.1. The summed E-state index contributed by atoms with van der Waals surface area (Å²) in [4.78, 5) is 10.3. The van der Waals surface area contributed by atoms with Gasteiger partial charge in [0.25, 0.3) is 5.69 Å². The van der Waals surface area contributed by atoms with Crippen molar-refractivity contribution < 1.29 is 9.66 Å². The van der Waals surface area contributed by atoms with E-state index in [9.17, 15) is 10.1 Å². The number of nitro benzene ring substituents is 1. The Labute approximate surface area is 120 Å². The van der Waals surface area contributed by atoms with Gasteiger partial charge in [-0.3, -0.25) is 10.1 Å². The van der Waals surface area contributed by atoms with Crippen LogP contribution >= 0.6 is 0 Å². The third kappa shape index (κ3) is 5.57. The minimum Gasteiger partial charge on any atom is -0.493 e. The van der Waals surface area contributed by atoms with Gasteiger partial charge in [0, 0.05) is 30.1 Å². The molecule has 0 radical (unpaired) electrons. The predicted octanol–water partition coefficient (Wildman–Crippen LogP) is 3.31. The van der Waals surface area contributed by atoms with Crippen molar-refractivity contribution in [3.63, 3.8) is 0 Å². The van der Waals surface area contributed by atoms with E-state index in [0.717, 1.165) is 12.1 Å². The first-order valence-electron chi connectivity index (χ1n) is 6.82. The Bertz CT molecular complexity index is 467. The van der Waals surface area contributed by atoms with Crippen LogP contribution in [0, 0.1) is 23.0 Å². The highest BCUT2D eigenvalue weighted by atomic mass is 16.6. The van der Waals surface area contributed by atoms with Gasteiger partial charge in [-0.2, -0.15) is 0 Å². The highest BCUT2D eigenvalue weighted by molar-refractivity contribution is 5.42. The first-order chi connectivity index (χ1) is 9.19. The predicted molar refractivity (Wildman–Crippen MR) is 80.2 cm³/mol. The van der Waals surface area contributed by atoms with E-state index in [1.807, 2.05) is 6.92 Å². The molecule has 5 heteroatoms. The van der Waals surface area contributed by atoms with E-state index in [1.54, 1.807) is 6.07 Å². The minimum atomic E-state index is -0.396. The number of ether oxygens (including phenoxy) is 1. The van der Waals surface area contributed by atoms with E-state index < -0.39 is 4.92 Å². The molecule has 0 heterocycles. The molecule has 1 aromatic rings. The fourth-order valence-electron chi connectivity index (χ4n) is 1.68. The third-order valence-corrected chi connectivity index (χ3v) is 2.87. The molecule has 1 aromatic carbocycles. The average molecular weight is 280 g/mol. The molecule has 0 bridgehead atoms. The zero-order valence-corrected chi connectivity index (χ0v) is 12.9. The second-order valence-electron chi connectivity index (χ2n) is 6.25. The van der Waals surface area contributed by atoms with Gasteiger partial charge in [-0.1, -0.05) is 6.92 Å². The zero-order valence-electron chi connectivity index (χ0n) is 12.9. The zero-order chi connectivity index (χ0) is 15.3. The summed E-state index contributed by atoms with van der Waals surface area (Å²) < 4.78 is 5.74. The van der Waals surface area contributed by atoms with Gasteiger partial charge in [0.1, 0.15) is 5.75 Å². The number of hydrogen-bond acceptors (Lipinski definition) is 4. The van der Waals surface area contributed by atoms with Crippen LogP contribution < -0.4 is 10.1 Å². The molecule has 5 nitrogen and oxygen atoms in total. The quantitative estimate of drug-likeness (QED) is 0.641. The maximum absolute atomic E-state index is 10.7. The van der Waals surface area contributed by atoms with Crippen LogP contribution in [0.15, 0.2) is 18.2 Å². The van der Waals surface area contributed by atoms with Crippen LogP contribution in [0.1, 0.15) is 33.3 Å². The summed E-state index contributed by atoms with van der Waals surface area (Å²) in [6, 6.07) is 4.67. The highest BCUT2D eigenvalue weighted by Gasteiger charge is 2.13. The van der Waals surface area contributed by atoms with Gasteiger partial charge >= 0.3 is 0 Å². The summed E-state index contributed by atoms with van der Waals surface area (Å²) in [5.41, 5.74) is 0.977. The van der Waals surface area contributed by atoms with Gasteiger partial charge in [0.15, 0.2) is 0 Å². The van der Waals surface area contributed by atoms with Crippen molar-refractivity contribution in [2.45, 2.75) is 40.2 Å². The van der Waals surface area contributed by atoms with Gasteiger partial charge in [-0.15, -0.1) is 0 Å². The Morgan fingerprint density at radius 1 is 1.40 bits per heavy atom. The number of nitrogens with one attached hydrogen (secondary N) is 1. The lowest BCUT2D eigenvalue weighted by molar-refractivity contribution is -0.384. The van der Waals surface area contributed by atoms with Gasteiger partial charge in [0.05, 0.1) is 11.5 Å².